The van der Waals surface area contributed by atoms with Gasteiger partial charge in [-0.2, -0.15) is 0 Å². The summed E-state index contributed by atoms with van der Waals surface area (Å²) in [6.07, 6.45) is 13.3. The molecule has 0 amide bonds. The molecule has 0 aromatic heterocycles. The van der Waals surface area contributed by atoms with Crippen LogP contribution < -0.4 is 9.47 Å². The summed E-state index contributed by atoms with van der Waals surface area (Å²) in [6.45, 7) is 27.9. The normalized spacial score (nSPS) is 17.8. The van der Waals surface area contributed by atoms with Crippen molar-refractivity contribution >= 4 is 31.1 Å². The Bertz CT molecular complexity index is 1660. The van der Waals surface area contributed by atoms with Crippen LogP contribution >= 0.6 is 18.8 Å². The number of aromatic hydroxyl groups is 2. The van der Waals surface area contributed by atoms with Gasteiger partial charge in [-0.25, -0.2) is 9.59 Å². The summed E-state index contributed by atoms with van der Waals surface area (Å²) in [7, 11) is 9.75. The van der Waals surface area contributed by atoms with E-state index < -0.39 is 28.8 Å². The molecule has 0 fully saturated rings. The molecule has 2 aromatic carbocycles. The first-order chi connectivity index (χ1) is 29.5. The van der Waals surface area contributed by atoms with Crippen LogP contribution in [0, 0.1) is 11.8 Å². The van der Waals surface area contributed by atoms with Crippen LogP contribution in [0.1, 0.15) is 168 Å². The fourth-order valence-corrected chi connectivity index (χ4v) is 7.62. The number of hydrogen-bond acceptors (Lipinski definition) is 6. The van der Waals surface area contributed by atoms with E-state index in [1.165, 1.54) is 11.1 Å². The fraction of sp³-hybridized carbons (Fsp3) is 0.560. The summed E-state index contributed by atoms with van der Waals surface area (Å²) in [5, 5.41) is 39.8. The first kappa shape index (κ1) is 59.7. The van der Waals surface area contributed by atoms with Crippen molar-refractivity contribution in [1.29, 1.82) is 0 Å². The van der Waals surface area contributed by atoms with Crippen LogP contribution in [0.25, 0.3) is 11.5 Å². The van der Waals surface area contributed by atoms with E-state index in [0.717, 1.165) is 99.3 Å². The molecule has 0 aliphatic heterocycles. The van der Waals surface area contributed by atoms with E-state index in [1.54, 1.807) is 24.3 Å². The van der Waals surface area contributed by atoms with Gasteiger partial charge in [-0.3, -0.25) is 0 Å². The molecule has 0 heterocycles. The van der Waals surface area contributed by atoms with Crippen molar-refractivity contribution in [3.63, 3.8) is 0 Å². The molecule has 4 rings (SSSR count). The van der Waals surface area contributed by atoms with Crippen molar-refractivity contribution < 1.29 is 56.0 Å². The topological polar surface area (TPSA) is 181 Å². The number of benzene rings is 2. The molecule has 10 nitrogen and oxygen atoms in total. The van der Waals surface area contributed by atoms with Gasteiger partial charge in [0, 0.05) is 23.0 Å². The number of phenols is 2. The zero-order chi connectivity index (χ0) is 48.4. The van der Waals surface area contributed by atoms with E-state index in [4.69, 9.17) is 39.8 Å². The Labute approximate surface area is 395 Å². The van der Waals surface area contributed by atoms with E-state index in [0.29, 0.717) is 11.1 Å². The Morgan fingerprint density at radius 3 is 1.25 bits per heavy atom. The Balaban J connectivity index is 0.000000989. The van der Waals surface area contributed by atoms with Crippen molar-refractivity contribution in [3.8, 4) is 23.0 Å². The van der Waals surface area contributed by atoms with Crippen LogP contribution in [0.5, 0.6) is 23.0 Å². The standard InChI is InChI=1S/2C22H30O4.2C3H8N.2ClH.Pt/c2*1-5-6-7-8-16-12-19(23)21(20(13-16)26-22(24)25)18-11-15(4)9-10-17(18)14(2)3;2*1-3(2)4;;;/h2*11-13,17-18,23H,2,5-10H2,1,3-4H3,(H,24,25);2*3-4H,1-2H3;2*1H;/q;;2*-1;;;+4/p-2. The number of ether oxygens (including phenoxy) is 2. The summed E-state index contributed by atoms with van der Waals surface area (Å²) in [6, 6.07) is 7.22. The second-order valence-electron chi connectivity index (χ2n) is 17.1. The molecule has 4 atom stereocenters. The van der Waals surface area contributed by atoms with E-state index >= 15 is 0 Å². The molecular formula is C50H76Cl2N2O8Pt. The number of aryl methyl sites for hydroxylation is 2. The Kier molecular flexibility index (Phi) is 30.7. The number of phenolic OH excluding ortho intramolecular Hbond substituents is 2. The number of carboxylic acid groups (broad SMARTS) is 2. The molecule has 358 valence electrons. The molecule has 0 saturated heterocycles. The number of carbonyl (C=O) groups is 2. The Morgan fingerprint density at radius 1 is 0.698 bits per heavy atom. The molecule has 6 N–H and O–H groups in total. The third-order valence-electron chi connectivity index (χ3n) is 10.3. The number of nitrogens with one attached hydrogen (secondary N) is 2. The second-order valence-corrected chi connectivity index (χ2v) is 20.4. The summed E-state index contributed by atoms with van der Waals surface area (Å²) in [5.41, 5.74) is 20.6. The van der Waals surface area contributed by atoms with Gasteiger partial charge < -0.3 is 41.4 Å². The summed E-state index contributed by atoms with van der Waals surface area (Å²) < 4.78 is 10.2. The van der Waals surface area contributed by atoms with E-state index in [2.05, 4.69) is 53.0 Å². The van der Waals surface area contributed by atoms with Gasteiger partial charge in [-0.05, 0) is 126 Å². The quantitative estimate of drug-likeness (QED) is 0.0624. The van der Waals surface area contributed by atoms with E-state index in [-0.39, 0.29) is 58.8 Å². The molecule has 4 unspecified atom stereocenters. The van der Waals surface area contributed by atoms with Crippen molar-refractivity contribution in [3.05, 3.63) is 106 Å². The SMILES string of the molecule is C=C(C)C1CCC(C)=CC1c1c(O)cc(CCCCC)cc1OC(=O)O.C=C(C)C1CCC(C)=CC1c1c(O)cc(CCCCC)cc1OC(=O)O.CC(C)[NH-].CC(C)[NH-].[Cl][Pt+2][Cl]. The average Bonchev–Trinajstić information content (AvgIpc) is 3.14. The van der Waals surface area contributed by atoms with E-state index in [9.17, 15) is 30.0 Å². The molecule has 63 heavy (non-hydrogen) atoms. The first-order valence-corrected chi connectivity index (χ1v) is 27.6. The zero-order valence-electron chi connectivity index (χ0n) is 39.3. The van der Waals surface area contributed by atoms with Crippen LogP contribution in [0.3, 0.4) is 0 Å². The monoisotopic (exact) mass is 1100 g/mol. The molecule has 2 aliphatic rings. The fourth-order valence-electron chi connectivity index (χ4n) is 7.62. The minimum absolute atomic E-state index is 0.0833. The number of unbranched alkanes of at least 4 members (excludes halogenated alkanes) is 4. The molecule has 0 bridgehead atoms. The molecule has 2 aromatic rings. The van der Waals surface area contributed by atoms with Crippen molar-refractivity contribution in [2.75, 3.05) is 0 Å². The average molecular weight is 1100 g/mol. The molecule has 13 heteroatoms. The summed E-state index contributed by atoms with van der Waals surface area (Å²) in [4.78, 5) is 22.5. The zero-order valence-corrected chi connectivity index (χ0v) is 43.1. The Morgan fingerprint density at radius 2 is 1.00 bits per heavy atom. The van der Waals surface area contributed by atoms with Crippen LogP contribution in [-0.2, 0) is 29.3 Å². The summed E-state index contributed by atoms with van der Waals surface area (Å²) >= 11 is -0.472. The van der Waals surface area contributed by atoms with Gasteiger partial charge in [0.2, 0.25) is 0 Å². The maximum atomic E-state index is 11.2. The third kappa shape index (κ3) is 24.0. The van der Waals surface area contributed by atoms with Crippen molar-refractivity contribution in [2.24, 2.45) is 11.8 Å². The minimum atomic E-state index is -1.36. The van der Waals surface area contributed by atoms with Crippen LogP contribution in [0.4, 0.5) is 9.59 Å². The predicted octanol–water partition coefficient (Wildman–Crippen LogP) is 16.7. The number of halogens is 2. The van der Waals surface area contributed by atoms with Gasteiger partial charge in [0.1, 0.15) is 23.0 Å². The van der Waals surface area contributed by atoms with Crippen molar-refractivity contribution in [2.45, 2.75) is 170 Å². The van der Waals surface area contributed by atoms with Crippen LogP contribution in [0.15, 0.2) is 71.9 Å². The van der Waals surface area contributed by atoms with Gasteiger partial charge in [0.15, 0.2) is 0 Å². The van der Waals surface area contributed by atoms with Gasteiger partial charge in [-0.15, -0.1) is 12.1 Å². The van der Waals surface area contributed by atoms with Gasteiger partial charge >= 0.3 is 47.6 Å². The molecular weight excluding hydrogens is 1020 g/mol. The maximum absolute atomic E-state index is 11.2. The number of rotatable bonds is 14. The Hall–Kier alpha value is -3.27. The van der Waals surface area contributed by atoms with Crippen LogP contribution in [0.2, 0.25) is 0 Å². The van der Waals surface area contributed by atoms with Crippen molar-refractivity contribution in [1.82, 2.24) is 0 Å². The second kappa shape index (κ2) is 32.4. The van der Waals surface area contributed by atoms with E-state index in [1.807, 2.05) is 41.5 Å². The molecule has 0 radical (unpaired) electrons. The first-order valence-electron chi connectivity index (χ1n) is 22.0. The molecule has 0 saturated carbocycles. The predicted molar refractivity (Wildman–Crippen MR) is 259 cm³/mol. The molecule has 0 spiro atoms. The summed E-state index contributed by atoms with van der Waals surface area (Å²) in [5.74, 6) is 0.770. The van der Waals surface area contributed by atoms with Crippen LogP contribution in [-0.4, -0.2) is 44.8 Å². The van der Waals surface area contributed by atoms with Gasteiger partial charge in [0.25, 0.3) is 0 Å². The number of allylic oxidation sites excluding steroid dienone is 6. The van der Waals surface area contributed by atoms with Gasteiger partial charge in [-0.1, -0.05) is 115 Å². The number of hydrogen-bond donors (Lipinski definition) is 4. The van der Waals surface area contributed by atoms with Gasteiger partial charge in [0.05, 0.1) is 0 Å². The molecule has 2 aliphatic carbocycles. The third-order valence-corrected chi connectivity index (χ3v) is 10.3.